The Hall–Kier alpha value is -0.860. The Labute approximate surface area is 105 Å². The van der Waals surface area contributed by atoms with E-state index in [1.165, 1.54) is 16.7 Å². The molecule has 0 fully saturated rings. The predicted octanol–water partition coefficient (Wildman–Crippen LogP) is 2.94. The van der Waals surface area contributed by atoms with Crippen molar-refractivity contribution in [2.24, 2.45) is 0 Å². The third-order valence-corrected chi connectivity index (χ3v) is 3.11. The van der Waals surface area contributed by atoms with Gasteiger partial charge in [-0.2, -0.15) is 0 Å². The van der Waals surface area contributed by atoms with Crippen molar-refractivity contribution < 1.29 is 5.11 Å². The van der Waals surface area contributed by atoms with E-state index in [9.17, 15) is 5.11 Å². The van der Waals surface area contributed by atoms with Gasteiger partial charge in [0.25, 0.3) is 0 Å². The fourth-order valence-electron chi connectivity index (χ4n) is 2.14. The van der Waals surface area contributed by atoms with Crippen molar-refractivity contribution in [3.05, 3.63) is 34.9 Å². The number of benzene rings is 1. The molecule has 1 aromatic carbocycles. The van der Waals surface area contributed by atoms with Crippen molar-refractivity contribution in [1.29, 1.82) is 0 Å². The van der Waals surface area contributed by atoms with Gasteiger partial charge in [-0.1, -0.05) is 37.1 Å². The minimum absolute atomic E-state index is 0.590. The minimum atomic E-state index is -0.590. The van der Waals surface area contributed by atoms with Crippen LogP contribution in [-0.4, -0.2) is 17.3 Å². The van der Waals surface area contributed by atoms with E-state index < -0.39 is 5.60 Å². The molecule has 0 aliphatic carbocycles. The first-order chi connectivity index (χ1) is 7.94. The summed E-state index contributed by atoms with van der Waals surface area (Å²) in [5, 5.41) is 13.4. The zero-order valence-corrected chi connectivity index (χ0v) is 11.5. The van der Waals surface area contributed by atoms with Crippen molar-refractivity contribution in [2.75, 3.05) is 6.54 Å². The van der Waals surface area contributed by atoms with Crippen LogP contribution in [0.1, 0.15) is 43.4 Å². The Kier molecular flexibility index (Phi) is 5.16. The number of aliphatic hydroxyl groups is 1. The number of hydrogen-bond acceptors (Lipinski definition) is 2. The molecule has 0 amide bonds. The van der Waals surface area contributed by atoms with Crippen molar-refractivity contribution in [2.45, 2.75) is 52.7 Å². The van der Waals surface area contributed by atoms with Crippen LogP contribution in [0.5, 0.6) is 0 Å². The minimum Gasteiger partial charge on any atom is -0.389 e. The maximum absolute atomic E-state index is 10.0. The summed E-state index contributed by atoms with van der Waals surface area (Å²) < 4.78 is 0. The van der Waals surface area contributed by atoms with Crippen LogP contribution in [0.2, 0.25) is 0 Å². The first-order valence-corrected chi connectivity index (χ1v) is 6.44. The molecular weight excluding hydrogens is 210 g/mol. The van der Waals surface area contributed by atoms with Crippen LogP contribution < -0.4 is 5.32 Å². The molecular formula is C15H25NO. The van der Waals surface area contributed by atoms with Gasteiger partial charge in [-0.25, -0.2) is 0 Å². The summed E-state index contributed by atoms with van der Waals surface area (Å²) in [7, 11) is 0. The van der Waals surface area contributed by atoms with Gasteiger partial charge in [-0.15, -0.1) is 0 Å². The van der Waals surface area contributed by atoms with Crippen LogP contribution in [0.25, 0.3) is 0 Å². The maximum atomic E-state index is 10.0. The van der Waals surface area contributed by atoms with Crippen LogP contribution in [-0.2, 0) is 6.54 Å². The van der Waals surface area contributed by atoms with Crippen molar-refractivity contribution >= 4 is 0 Å². The molecule has 96 valence electrons. The largest absolute Gasteiger partial charge is 0.389 e. The molecule has 2 nitrogen and oxygen atoms in total. The topological polar surface area (TPSA) is 32.3 Å². The lowest BCUT2D eigenvalue weighted by atomic mass is 10.0. The summed E-state index contributed by atoms with van der Waals surface area (Å²) in [4.78, 5) is 0. The van der Waals surface area contributed by atoms with E-state index in [2.05, 4.69) is 44.3 Å². The van der Waals surface area contributed by atoms with Gasteiger partial charge in [-0.3, -0.25) is 0 Å². The highest BCUT2D eigenvalue weighted by Crippen LogP contribution is 2.12. The van der Waals surface area contributed by atoms with E-state index in [-0.39, 0.29) is 0 Å². The molecule has 2 N–H and O–H groups in total. The van der Waals surface area contributed by atoms with Gasteiger partial charge < -0.3 is 10.4 Å². The van der Waals surface area contributed by atoms with Gasteiger partial charge >= 0.3 is 0 Å². The van der Waals surface area contributed by atoms with E-state index in [0.717, 1.165) is 19.4 Å². The molecule has 1 rings (SSSR count). The first kappa shape index (κ1) is 14.2. The Morgan fingerprint density at radius 1 is 1.29 bits per heavy atom. The Balaban J connectivity index is 2.46. The van der Waals surface area contributed by atoms with Crippen LogP contribution in [0.3, 0.4) is 0 Å². The summed E-state index contributed by atoms with van der Waals surface area (Å²) in [5.41, 5.74) is 3.33. The average molecular weight is 235 g/mol. The summed E-state index contributed by atoms with van der Waals surface area (Å²) in [5.74, 6) is 0. The number of rotatable bonds is 6. The third kappa shape index (κ3) is 4.88. The zero-order chi connectivity index (χ0) is 12.9. The van der Waals surface area contributed by atoms with Crippen LogP contribution in [0, 0.1) is 13.8 Å². The zero-order valence-electron chi connectivity index (χ0n) is 11.5. The first-order valence-electron chi connectivity index (χ1n) is 6.44. The molecule has 17 heavy (non-hydrogen) atoms. The SMILES string of the molecule is CCCC(C)(O)CNCc1ccc(C)cc1C. The summed E-state index contributed by atoms with van der Waals surface area (Å²) >= 11 is 0. The Morgan fingerprint density at radius 3 is 2.59 bits per heavy atom. The fraction of sp³-hybridized carbons (Fsp3) is 0.600. The summed E-state index contributed by atoms with van der Waals surface area (Å²) in [6.07, 6.45) is 1.85. The molecule has 0 aliphatic rings. The van der Waals surface area contributed by atoms with Crippen LogP contribution >= 0.6 is 0 Å². The Bertz CT molecular complexity index is 358. The predicted molar refractivity (Wildman–Crippen MR) is 73.2 cm³/mol. The number of aryl methyl sites for hydroxylation is 2. The summed E-state index contributed by atoms with van der Waals surface area (Å²) in [6.45, 7) is 9.70. The normalized spacial score (nSPS) is 14.6. The molecule has 0 bridgehead atoms. The highest BCUT2D eigenvalue weighted by molar-refractivity contribution is 5.30. The second-order valence-corrected chi connectivity index (χ2v) is 5.28. The molecule has 0 aromatic heterocycles. The molecule has 2 heteroatoms. The smallest absolute Gasteiger partial charge is 0.0743 e. The van der Waals surface area contributed by atoms with Crippen molar-refractivity contribution in [1.82, 2.24) is 5.32 Å². The van der Waals surface area contributed by atoms with Gasteiger partial charge in [-0.05, 0) is 38.3 Å². The van der Waals surface area contributed by atoms with E-state index >= 15 is 0 Å². The molecule has 0 saturated carbocycles. The molecule has 1 unspecified atom stereocenters. The Morgan fingerprint density at radius 2 is 2.00 bits per heavy atom. The van der Waals surface area contributed by atoms with E-state index in [4.69, 9.17) is 0 Å². The van der Waals surface area contributed by atoms with Gasteiger partial charge in [0.2, 0.25) is 0 Å². The van der Waals surface area contributed by atoms with E-state index in [1.807, 2.05) is 6.92 Å². The molecule has 1 atom stereocenters. The lowest BCUT2D eigenvalue weighted by Gasteiger charge is -2.23. The quantitative estimate of drug-likeness (QED) is 0.794. The third-order valence-electron chi connectivity index (χ3n) is 3.11. The second kappa shape index (κ2) is 6.18. The molecule has 0 radical (unpaired) electrons. The summed E-state index contributed by atoms with van der Waals surface area (Å²) in [6, 6.07) is 6.49. The van der Waals surface area contributed by atoms with Crippen LogP contribution in [0.4, 0.5) is 0 Å². The molecule has 0 spiro atoms. The standard InChI is InChI=1S/C15H25NO/c1-5-8-15(4,17)11-16-10-14-7-6-12(2)9-13(14)3/h6-7,9,16-17H,5,8,10-11H2,1-4H3. The van der Waals surface area contributed by atoms with Crippen molar-refractivity contribution in [3.8, 4) is 0 Å². The highest BCUT2D eigenvalue weighted by atomic mass is 16.3. The van der Waals surface area contributed by atoms with Gasteiger partial charge in [0.15, 0.2) is 0 Å². The average Bonchev–Trinajstić information content (AvgIpc) is 2.21. The van der Waals surface area contributed by atoms with Crippen molar-refractivity contribution in [3.63, 3.8) is 0 Å². The highest BCUT2D eigenvalue weighted by Gasteiger charge is 2.17. The van der Waals surface area contributed by atoms with E-state index in [0.29, 0.717) is 6.54 Å². The number of hydrogen-bond donors (Lipinski definition) is 2. The lowest BCUT2D eigenvalue weighted by Crippen LogP contribution is -2.37. The molecule has 0 aliphatic heterocycles. The van der Waals surface area contributed by atoms with Gasteiger partial charge in [0.1, 0.15) is 0 Å². The van der Waals surface area contributed by atoms with Crippen LogP contribution in [0.15, 0.2) is 18.2 Å². The lowest BCUT2D eigenvalue weighted by molar-refractivity contribution is 0.0498. The molecule has 1 aromatic rings. The monoisotopic (exact) mass is 235 g/mol. The second-order valence-electron chi connectivity index (χ2n) is 5.28. The number of nitrogens with one attached hydrogen (secondary N) is 1. The maximum Gasteiger partial charge on any atom is 0.0743 e. The van der Waals surface area contributed by atoms with E-state index in [1.54, 1.807) is 0 Å². The van der Waals surface area contributed by atoms with Gasteiger partial charge in [0.05, 0.1) is 5.60 Å². The van der Waals surface area contributed by atoms with Gasteiger partial charge in [0, 0.05) is 13.1 Å². The molecule has 0 saturated heterocycles. The molecule has 0 heterocycles. The fourth-order valence-corrected chi connectivity index (χ4v) is 2.14.